The molecule has 1 atom stereocenters. The number of rotatable bonds is 6. The van der Waals surface area contributed by atoms with Crippen molar-refractivity contribution < 1.29 is 9.53 Å². The van der Waals surface area contributed by atoms with E-state index in [4.69, 9.17) is 4.74 Å². The van der Waals surface area contributed by atoms with E-state index in [0.29, 0.717) is 24.8 Å². The molecule has 2 aromatic heterocycles. The zero-order valence-corrected chi connectivity index (χ0v) is 21.2. The van der Waals surface area contributed by atoms with Gasteiger partial charge in [-0.3, -0.25) is 9.69 Å². The summed E-state index contributed by atoms with van der Waals surface area (Å²) in [5.41, 5.74) is 1.57. The van der Waals surface area contributed by atoms with Crippen molar-refractivity contribution >= 4 is 17.5 Å². The van der Waals surface area contributed by atoms with Gasteiger partial charge in [-0.25, -0.2) is 4.68 Å². The van der Waals surface area contributed by atoms with Gasteiger partial charge in [0.2, 0.25) is 0 Å². The molecule has 3 aromatic rings. The van der Waals surface area contributed by atoms with Gasteiger partial charge < -0.3 is 19.4 Å². The lowest BCUT2D eigenvalue weighted by molar-refractivity contribution is 0.0712. The minimum Gasteiger partial charge on any atom is -0.377 e. The Morgan fingerprint density at radius 3 is 2.24 bits per heavy atom. The minimum atomic E-state index is 0.0497. The molecule has 3 aliphatic heterocycles. The van der Waals surface area contributed by atoms with E-state index in [0.717, 1.165) is 69.7 Å². The predicted molar refractivity (Wildman–Crippen MR) is 141 cm³/mol. The summed E-state index contributed by atoms with van der Waals surface area (Å²) in [5.74, 6) is 1.86. The van der Waals surface area contributed by atoms with Crippen LogP contribution >= 0.6 is 0 Å². The van der Waals surface area contributed by atoms with Crippen LogP contribution in [-0.4, -0.2) is 107 Å². The minimum absolute atomic E-state index is 0.0497. The zero-order valence-electron chi connectivity index (χ0n) is 21.2. The summed E-state index contributed by atoms with van der Waals surface area (Å²) in [4.78, 5) is 22.1. The maximum absolute atomic E-state index is 13.1. The van der Waals surface area contributed by atoms with Crippen LogP contribution in [0, 0.1) is 0 Å². The van der Waals surface area contributed by atoms with Gasteiger partial charge in [0.1, 0.15) is 0 Å². The second-order valence-corrected chi connectivity index (χ2v) is 9.95. The van der Waals surface area contributed by atoms with Crippen LogP contribution in [0.3, 0.4) is 0 Å². The monoisotopic (exact) mass is 502 g/mol. The van der Waals surface area contributed by atoms with Gasteiger partial charge in [-0.2, -0.15) is 5.10 Å². The highest BCUT2D eigenvalue weighted by molar-refractivity contribution is 5.95. The first kappa shape index (κ1) is 23.9. The quantitative estimate of drug-likeness (QED) is 0.506. The Labute approximate surface area is 217 Å². The molecule has 0 spiro atoms. The summed E-state index contributed by atoms with van der Waals surface area (Å²) >= 11 is 0. The van der Waals surface area contributed by atoms with E-state index in [2.05, 4.69) is 42.1 Å². The Bertz CT molecular complexity index is 1160. The first-order valence-electron chi connectivity index (χ1n) is 13.3. The van der Waals surface area contributed by atoms with Gasteiger partial charge in [-0.1, -0.05) is 6.07 Å². The average molecular weight is 503 g/mol. The molecule has 1 amide bonds. The number of piperazine rings is 2. The molecule has 1 unspecified atom stereocenters. The van der Waals surface area contributed by atoms with Gasteiger partial charge in [-0.15, -0.1) is 10.2 Å². The summed E-state index contributed by atoms with van der Waals surface area (Å²) in [6.45, 7) is 8.73. The SMILES string of the molecule is O=C(c1cccc(-n2cccn2)c1)N1CCN(c2ccc(N3CCN(CC4CCCO4)CC3)nn2)CC1. The Kier molecular flexibility index (Phi) is 7.00. The second-order valence-electron chi connectivity index (χ2n) is 9.95. The summed E-state index contributed by atoms with van der Waals surface area (Å²) in [5, 5.41) is 13.3. The van der Waals surface area contributed by atoms with Crippen molar-refractivity contribution in [3.63, 3.8) is 0 Å². The van der Waals surface area contributed by atoms with Crippen LogP contribution in [0.25, 0.3) is 5.69 Å². The number of nitrogens with zero attached hydrogens (tertiary/aromatic N) is 8. The smallest absolute Gasteiger partial charge is 0.254 e. The Hall–Kier alpha value is -3.50. The molecule has 1 aromatic carbocycles. The summed E-state index contributed by atoms with van der Waals surface area (Å²) in [6.07, 6.45) is 6.40. The molecule has 3 saturated heterocycles. The largest absolute Gasteiger partial charge is 0.377 e. The third-order valence-corrected chi connectivity index (χ3v) is 7.57. The fraction of sp³-hybridized carbons (Fsp3) is 0.481. The number of ether oxygens (including phenoxy) is 1. The number of carbonyl (C=O) groups is 1. The van der Waals surface area contributed by atoms with Crippen LogP contribution in [0.1, 0.15) is 23.2 Å². The highest BCUT2D eigenvalue weighted by atomic mass is 16.5. The molecule has 6 rings (SSSR count). The maximum Gasteiger partial charge on any atom is 0.254 e. The topological polar surface area (TPSA) is 82.9 Å². The Balaban J connectivity index is 1.00. The van der Waals surface area contributed by atoms with Gasteiger partial charge in [0.15, 0.2) is 11.6 Å². The van der Waals surface area contributed by atoms with Crippen LogP contribution in [-0.2, 0) is 4.74 Å². The van der Waals surface area contributed by atoms with Crippen LogP contribution < -0.4 is 9.80 Å². The van der Waals surface area contributed by atoms with E-state index >= 15 is 0 Å². The molecule has 3 fully saturated rings. The first-order chi connectivity index (χ1) is 18.2. The lowest BCUT2D eigenvalue weighted by Crippen LogP contribution is -2.49. The van der Waals surface area contributed by atoms with Crippen molar-refractivity contribution in [2.24, 2.45) is 0 Å². The predicted octanol–water partition coefficient (Wildman–Crippen LogP) is 1.93. The van der Waals surface area contributed by atoms with Crippen LogP contribution in [0.5, 0.6) is 0 Å². The molecule has 0 radical (unpaired) electrons. The number of hydrogen-bond donors (Lipinski definition) is 0. The van der Waals surface area contributed by atoms with Crippen molar-refractivity contribution in [1.29, 1.82) is 0 Å². The fourth-order valence-electron chi connectivity index (χ4n) is 5.42. The molecule has 194 valence electrons. The summed E-state index contributed by atoms with van der Waals surface area (Å²) < 4.78 is 7.56. The first-order valence-corrected chi connectivity index (χ1v) is 13.3. The molecule has 10 heteroatoms. The lowest BCUT2D eigenvalue weighted by atomic mass is 10.1. The van der Waals surface area contributed by atoms with Crippen LogP contribution in [0.15, 0.2) is 54.9 Å². The van der Waals surface area contributed by atoms with Crippen molar-refractivity contribution in [3.05, 3.63) is 60.4 Å². The summed E-state index contributed by atoms with van der Waals surface area (Å²) in [6, 6.07) is 13.6. The molecule has 10 nitrogen and oxygen atoms in total. The Morgan fingerprint density at radius 2 is 1.62 bits per heavy atom. The van der Waals surface area contributed by atoms with E-state index < -0.39 is 0 Å². The van der Waals surface area contributed by atoms with Crippen molar-refractivity contribution in [2.45, 2.75) is 18.9 Å². The number of benzene rings is 1. The van der Waals surface area contributed by atoms with Gasteiger partial charge >= 0.3 is 0 Å². The molecule has 5 heterocycles. The van der Waals surface area contributed by atoms with Crippen molar-refractivity contribution in [2.75, 3.05) is 75.3 Å². The molecule has 37 heavy (non-hydrogen) atoms. The zero-order chi connectivity index (χ0) is 25.0. The Morgan fingerprint density at radius 1 is 0.892 bits per heavy atom. The van der Waals surface area contributed by atoms with Gasteiger partial charge in [-0.05, 0) is 49.2 Å². The highest BCUT2D eigenvalue weighted by Crippen LogP contribution is 2.20. The van der Waals surface area contributed by atoms with E-state index in [1.807, 2.05) is 41.4 Å². The summed E-state index contributed by atoms with van der Waals surface area (Å²) in [7, 11) is 0. The van der Waals surface area contributed by atoms with Gasteiger partial charge in [0.05, 0.1) is 11.8 Å². The standard InChI is InChI=1S/C27H34N8O2/c36-27(22-4-1-5-23(20-22)35-10-3-9-28-35)34-17-15-33(16-18-34)26-8-7-25(29-30-26)32-13-11-31(12-14-32)21-24-6-2-19-37-24/h1,3-5,7-10,20,24H,2,6,11-19,21H2. The number of anilines is 2. The molecular formula is C27H34N8O2. The maximum atomic E-state index is 13.1. The molecular weight excluding hydrogens is 468 g/mol. The molecule has 0 aliphatic carbocycles. The van der Waals surface area contributed by atoms with Crippen LogP contribution in [0.2, 0.25) is 0 Å². The van der Waals surface area contributed by atoms with Gasteiger partial charge in [0, 0.05) is 83.5 Å². The highest BCUT2D eigenvalue weighted by Gasteiger charge is 2.25. The molecule has 0 N–H and O–H groups in total. The molecule has 0 bridgehead atoms. The number of amides is 1. The van der Waals surface area contributed by atoms with Gasteiger partial charge in [0.25, 0.3) is 5.91 Å². The van der Waals surface area contributed by atoms with E-state index in [1.54, 1.807) is 10.9 Å². The van der Waals surface area contributed by atoms with Crippen molar-refractivity contribution in [3.8, 4) is 5.69 Å². The fourth-order valence-corrected chi connectivity index (χ4v) is 5.42. The van der Waals surface area contributed by atoms with E-state index in [-0.39, 0.29) is 5.91 Å². The average Bonchev–Trinajstić information content (AvgIpc) is 3.69. The third kappa shape index (κ3) is 5.45. The van der Waals surface area contributed by atoms with E-state index in [1.165, 1.54) is 12.8 Å². The molecule has 3 aliphatic rings. The number of aromatic nitrogens is 4. The molecule has 0 saturated carbocycles. The number of hydrogen-bond acceptors (Lipinski definition) is 8. The third-order valence-electron chi connectivity index (χ3n) is 7.57. The van der Waals surface area contributed by atoms with Crippen LogP contribution in [0.4, 0.5) is 11.6 Å². The van der Waals surface area contributed by atoms with Crippen molar-refractivity contribution in [1.82, 2.24) is 29.8 Å². The second kappa shape index (κ2) is 10.9. The van der Waals surface area contributed by atoms with E-state index in [9.17, 15) is 4.79 Å². The number of carbonyl (C=O) groups excluding carboxylic acids is 1. The lowest BCUT2D eigenvalue weighted by Gasteiger charge is -2.37. The normalized spacial score (nSPS) is 21.0.